The average Bonchev–Trinajstić information content (AvgIpc) is 2.64. The Hall–Kier alpha value is -0.770. The van der Waals surface area contributed by atoms with Crippen LogP contribution in [0, 0.1) is 0 Å². The number of ether oxygens (including phenoxy) is 2. The molecule has 2 rings (SSSR count). The topological polar surface area (TPSA) is 21.7 Å². The van der Waals surface area contributed by atoms with Gasteiger partial charge >= 0.3 is 0 Å². The normalized spacial score (nSPS) is 14.9. The van der Waals surface area contributed by atoms with E-state index in [9.17, 15) is 0 Å². The van der Waals surface area contributed by atoms with E-state index in [1.165, 1.54) is 50.5 Å². The van der Waals surface area contributed by atoms with Gasteiger partial charge in [0.2, 0.25) is 0 Å². The van der Waals surface area contributed by atoms with Gasteiger partial charge in [0.1, 0.15) is 5.75 Å². The lowest BCUT2D eigenvalue weighted by Crippen LogP contribution is -2.37. The monoisotopic (exact) mass is 369 g/mol. The Labute approximate surface area is 160 Å². The zero-order valence-corrected chi connectivity index (χ0v) is 16.7. The Morgan fingerprint density at radius 2 is 1.60 bits per heavy atom. The van der Waals surface area contributed by atoms with Crippen LogP contribution in [0.3, 0.4) is 0 Å². The predicted molar refractivity (Wildman–Crippen MR) is 108 cm³/mol. The minimum absolute atomic E-state index is 0. The van der Waals surface area contributed by atoms with Crippen molar-refractivity contribution in [2.75, 3.05) is 39.5 Å². The molecule has 1 aromatic rings. The van der Waals surface area contributed by atoms with Gasteiger partial charge in [0, 0.05) is 19.6 Å². The second-order valence-corrected chi connectivity index (χ2v) is 6.82. The van der Waals surface area contributed by atoms with Crippen LogP contribution in [0.5, 0.6) is 5.75 Å². The van der Waals surface area contributed by atoms with Crippen LogP contribution in [-0.2, 0) is 11.2 Å². The first-order valence-electron chi connectivity index (χ1n) is 9.90. The summed E-state index contributed by atoms with van der Waals surface area (Å²) in [7, 11) is 0. The van der Waals surface area contributed by atoms with Crippen molar-refractivity contribution in [2.45, 2.75) is 58.3 Å². The van der Waals surface area contributed by atoms with Crippen LogP contribution < -0.4 is 4.74 Å². The second kappa shape index (κ2) is 14.4. The van der Waals surface area contributed by atoms with Crippen molar-refractivity contribution in [1.29, 1.82) is 0 Å². The molecule has 1 heterocycles. The summed E-state index contributed by atoms with van der Waals surface area (Å²) in [6.07, 6.45) is 10.4. The summed E-state index contributed by atoms with van der Waals surface area (Å²) in [6.45, 7) is 8.06. The van der Waals surface area contributed by atoms with Crippen LogP contribution in [0.4, 0.5) is 0 Å². The Balaban J connectivity index is 0.00000312. The molecule has 0 saturated carbocycles. The maximum Gasteiger partial charge on any atom is 0.119 e. The average molecular weight is 370 g/mol. The van der Waals surface area contributed by atoms with Gasteiger partial charge in [0.05, 0.1) is 19.8 Å². The first kappa shape index (κ1) is 22.3. The molecule has 25 heavy (non-hydrogen) atoms. The minimum Gasteiger partial charge on any atom is -0.494 e. The van der Waals surface area contributed by atoms with E-state index in [0.29, 0.717) is 0 Å². The Morgan fingerprint density at radius 3 is 2.32 bits per heavy atom. The predicted octanol–water partition coefficient (Wildman–Crippen LogP) is 5.11. The maximum absolute atomic E-state index is 5.86. The molecule has 0 bridgehead atoms. The van der Waals surface area contributed by atoms with Gasteiger partial charge in [-0.1, -0.05) is 51.2 Å². The molecule has 3 nitrogen and oxygen atoms in total. The highest BCUT2D eigenvalue weighted by atomic mass is 35.5. The number of nitrogens with zero attached hydrogens (tertiary/aromatic N) is 1. The standard InChI is InChI=1S/C21H35NO2.ClH/c1-2-3-4-5-6-7-9-20-10-12-21(13-11-20)24-17-8-14-22-15-18-23-19-16-22;/h10-13H,2-9,14-19H2,1H3;1H. The van der Waals surface area contributed by atoms with Gasteiger partial charge in [0.15, 0.2) is 0 Å². The number of rotatable bonds is 12. The fraction of sp³-hybridized carbons (Fsp3) is 0.714. The largest absolute Gasteiger partial charge is 0.494 e. The molecule has 1 aromatic carbocycles. The third-order valence-electron chi connectivity index (χ3n) is 4.73. The molecule has 1 saturated heterocycles. The molecule has 0 spiro atoms. The lowest BCUT2D eigenvalue weighted by atomic mass is 10.0. The van der Waals surface area contributed by atoms with Crippen LogP contribution in [0.25, 0.3) is 0 Å². The van der Waals surface area contributed by atoms with E-state index in [-0.39, 0.29) is 12.4 Å². The van der Waals surface area contributed by atoms with Crippen molar-refractivity contribution in [3.8, 4) is 5.75 Å². The van der Waals surface area contributed by atoms with E-state index in [1.807, 2.05) is 0 Å². The fourth-order valence-corrected chi connectivity index (χ4v) is 3.16. The zero-order chi connectivity index (χ0) is 16.9. The van der Waals surface area contributed by atoms with Crippen molar-refractivity contribution in [3.05, 3.63) is 29.8 Å². The first-order chi connectivity index (χ1) is 11.9. The van der Waals surface area contributed by atoms with Crippen molar-refractivity contribution >= 4 is 12.4 Å². The minimum atomic E-state index is 0. The number of hydrogen-bond donors (Lipinski definition) is 0. The summed E-state index contributed by atoms with van der Waals surface area (Å²) in [6, 6.07) is 8.70. The molecule has 1 aliphatic rings. The first-order valence-corrected chi connectivity index (χ1v) is 9.90. The number of morpholine rings is 1. The van der Waals surface area contributed by atoms with Gasteiger partial charge in [-0.2, -0.15) is 0 Å². The van der Waals surface area contributed by atoms with E-state index in [0.717, 1.165) is 51.6 Å². The van der Waals surface area contributed by atoms with Gasteiger partial charge in [-0.15, -0.1) is 12.4 Å². The summed E-state index contributed by atoms with van der Waals surface area (Å²) < 4.78 is 11.2. The lowest BCUT2D eigenvalue weighted by molar-refractivity contribution is 0.0358. The molecule has 0 N–H and O–H groups in total. The van der Waals surface area contributed by atoms with Crippen LogP contribution >= 0.6 is 12.4 Å². The molecule has 1 fully saturated rings. The molecular weight excluding hydrogens is 334 g/mol. The lowest BCUT2D eigenvalue weighted by Gasteiger charge is -2.26. The number of hydrogen-bond acceptors (Lipinski definition) is 3. The molecule has 144 valence electrons. The molecule has 0 aliphatic carbocycles. The highest BCUT2D eigenvalue weighted by Crippen LogP contribution is 2.15. The smallest absolute Gasteiger partial charge is 0.119 e. The van der Waals surface area contributed by atoms with Gasteiger partial charge in [-0.05, 0) is 37.0 Å². The van der Waals surface area contributed by atoms with Crippen LogP contribution in [-0.4, -0.2) is 44.4 Å². The molecule has 0 amide bonds. The van der Waals surface area contributed by atoms with Gasteiger partial charge < -0.3 is 9.47 Å². The SMILES string of the molecule is CCCCCCCCc1ccc(OCCCN2CCOCC2)cc1.Cl. The zero-order valence-electron chi connectivity index (χ0n) is 15.9. The summed E-state index contributed by atoms with van der Waals surface area (Å²) in [5.41, 5.74) is 1.44. The summed E-state index contributed by atoms with van der Waals surface area (Å²) in [5.74, 6) is 1.00. The quantitative estimate of drug-likeness (QED) is 0.478. The summed E-state index contributed by atoms with van der Waals surface area (Å²) in [5, 5.41) is 0. The van der Waals surface area contributed by atoms with Crippen LogP contribution in [0.1, 0.15) is 57.4 Å². The van der Waals surface area contributed by atoms with Crippen molar-refractivity contribution in [2.24, 2.45) is 0 Å². The van der Waals surface area contributed by atoms with Crippen molar-refractivity contribution < 1.29 is 9.47 Å². The van der Waals surface area contributed by atoms with Gasteiger partial charge in [0.25, 0.3) is 0 Å². The van der Waals surface area contributed by atoms with Gasteiger partial charge in [-0.3, -0.25) is 4.90 Å². The molecule has 0 aromatic heterocycles. The third kappa shape index (κ3) is 10.1. The number of aryl methyl sites for hydroxylation is 1. The van der Waals surface area contributed by atoms with E-state index < -0.39 is 0 Å². The van der Waals surface area contributed by atoms with Crippen molar-refractivity contribution in [1.82, 2.24) is 4.90 Å². The van der Waals surface area contributed by atoms with E-state index >= 15 is 0 Å². The number of halogens is 1. The number of benzene rings is 1. The highest BCUT2D eigenvalue weighted by Gasteiger charge is 2.09. The van der Waals surface area contributed by atoms with E-state index in [2.05, 4.69) is 36.1 Å². The molecule has 0 unspecified atom stereocenters. The number of unbranched alkanes of at least 4 members (excludes halogenated alkanes) is 5. The summed E-state index contributed by atoms with van der Waals surface area (Å²) in [4.78, 5) is 2.45. The second-order valence-electron chi connectivity index (χ2n) is 6.82. The molecule has 0 atom stereocenters. The Kier molecular flexibility index (Phi) is 12.8. The van der Waals surface area contributed by atoms with E-state index in [4.69, 9.17) is 9.47 Å². The Morgan fingerprint density at radius 1 is 0.920 bits per heavy atom. The van der Waals surface area contributed by atoms with E-state index in [1.54, 1.807) is 0 Å². The summed E-state index contributed by atoms with van der Waals surface area (Å²) >= 11 is 0. The Bertz CT molecular complexity index is 418. The van der Waals surface area contributed by atoms with Crippen LogP contribution in [0.2, 0.25) is 0 Å². The van der Waals surface area contributed by atoms with Crippen LogP contribution in [0.15, 0.2) is 24.3 Å². The maximum atomic E-state index is 5.86. The molecule has 4 heteroatoms. The highest BCUT2D eigenvalue weighted by molar-refractivity contribution is 5.85. The van der Waals surface area contributed by atoms with Crippen molar-refractivity contribution in [3.63, 3.8) is 0 Å². The fourth-order valence-electron chi connectivity index (χ4n) is 3.16. The molecular formula is C21H36ClNO2. The third-order valence-corrected chi connectivity index (χ3v) is 4.73. The van der Waals surface area contributed by atoms with Gasteiger partial charge in [-0.25, -0.2) is 0 Å². The molecule has 1 aliphatic heterocycles. The molecule has 0 radical (unpaired) electrons.